The molecule has 6 N–H and O–H groups in total. The first-order valence-electron chi connectivity index (χ1n) is 5.35. The Bertz CT molecular complexity index is 837. The summed E-state index contributed by atoms with van der Waals surface area (Å²) < 4.78 is 13.1. The fourth-order valence-corrected chi connectivity index (χ4v) is 1.75. The highest BCUT2D eigenvalue weighted by atomic mass is 19.1. The third-order valence-electron chi connectivity index (χ3n) is 2.65. The van der Waals surface area contributed by atoms with E-state index in [4.69, 9.17) is 11.5 Å². The number of H-pyrrole nitrogens is 2. The van der Waals surface area contributed by atoms with Crippen LogP contribution in [0.15, 0.2) is 23.0 Å². The van der Waals surface area contributed by atoms with Gasteiger partial charge in [0.25, 0.3) is 5.56 Å². The molecule has 0 aliphatic heterocycles. The van der Waals surface area contributed by atoms with Gasteiger partial charge in [-0.15, -0.1) is 0 Å². The van der Waals surface area contributed by atoms with E-state index in [1.807, 2.05) is 0 Å². The minimum atomic E-state index is -0.514. The van der Waals surface area contributed by atoms with Crippen LogP contribution in [0.4, 0.5) is 16.0 Å². The molecule has 0 bridgehead atoms. The molecule has 96 valence electrons. The van der Waals surface area contributed by atoms with Crippen LogP contribution in [0.3, 0.4) is 0 Å². The van der Waals surface area contributed by atoms with Crippen molar-refractivity contribution >= 4 is 22.8 Å². The van der Waals surface area contributed by atoms with E-state index in [0.717, 1.165) is 0 Å². The summed E-state index contributed by atoms with van der Waals surface area (Å²) in [5, 5.41) is 0. The molecule has 3 rings (SSSR count). The van der Waals surface area contributed by atoms with E-state index in [0.29, 0.717) is 11.4 Å². The van der Waals surface area contributed by atoms with Crippen LogP contribution in [0.1, 0.15) is 0 Å². The number of rotatable bonds is 1. The van der Waals surface area contributed by atoms with Gasteiger partial charge in [-0.25, -0.2) is 9.37 Å². The van der Waals surface area contributed by atoms with Crippen molar-refractivity contribution in [3.05, 3.63) is 34.4 Å². The molecule has 8 heteroatoms. The van der Waals surface area contributed by atoms with Crippen LogP contribution < -0.4 is 17.0 Å². The number of nitrogen functional groups attached to an aromatic ring is 2. The smallest absolute Gasteiger partial charge is 0.278 e. The third kappa shape index (κ3) is 1.79. The Labute approximate surface area is 105 Å². The summed E-state index contributed by atoms with van der Waals surface area (Å²) in [4.78, 5) is 24.8. The molecule has 7 nitrogen and oxygen atoms in total. The number of nitrogens with zero attached hydrogens (tertiary/aromatic N) is 2. The van der Waals surface area contributed by atoms with Crippen molar-refractivity contribution in [2.45, 2.75) is 0 Å². The molecule has 0 saturated heterocycles. The molecule has 0 radical (unpaired) electrons. The summed E-state index contributed by atoms with van der Waals surface area (Å²) in [5.74, 6) is -0.167. The highest BCUT2D eigenvalue weighted by molar-refractivity contribution is 5.76. The Morgan fingerprint density at radius 3 is 2.68 bits per heavy atom. The van der Waals surface area contributed by atoms with Crippen molar-refractivity contribution in [1.82, 2.24) is 19.9 Å². The fourth-order valence-electron chi connectivity index (χ4n) is 1.75. The number of halogens is 1. The van der Waals surface area contributed by atoms with Gasteiger partial charge in [-0.3, -0.25) is 9.78 Å². The second-order valence-electron chi connectivity index (χ2n) is 3.97. The molecule has 0 fully saturated rings. The van der Waals surface area contributed by atoms with Crippen molar-refractivity contribution in [1.29, 1.82) is 0 Å². The first-order valence-corrected chi connectivity index (χ1v) is 5.35. The molecule has 2 heterocycles. The maximum Gasteiger partial charge on any atom is 0.278 e. The lowest BCUT2D eigenvalue weighted by Crippen LogP contribution is -2.10. The van der Waals surface area contributed by atoms with Crippen LogP contribution in [-0.2, 0) is 0 Å². The molecule has 0 saturated carbocycles. The van der Waals surface area contributed by atoms with Crippen molar-refractivity contribution in [2.75, 3.05) is 11.5 Å². The summed E-state index contributed by atoms with van der Waals surface area (Å²) in [6.45, 7) is 0. The van der Waals surface area contributed by atoms with Crippen LogP contribution in [0.2, 0.25) is 0 Å². The predicted octanol–water partition coefficient (Wildman–Crippen LogP) is 0.617. The van der Waals surface area contributed by atoms with Crippen molar-refractivity contribution in [2.24, 2.45) is 0 Å². The highest BCUT2D eigenvalue weighted by Gasteiger charge is 2.11. The largest absolute Gasteiger partial charge is 0.396 e. The van der Waals surface area contributed by atoms with Crippen LogP contribution in [0.5, 0.6) is 0 Å². The lowest BCUT2D eigenvalue weighted by molar-refractivity contribution is 0.632. The average Bonchev–Trinajstić information content (AvgIpc) is 2.76. The van der Waals surface area contributed by atoms with E-state index in [9.17, 15) is 9.18 Å². The van der Waals surface area contributed by atoms with Gasteiger partial charge < -0.3 is 16.5 Å². The Morgan fingerprint density at radius 2 is 1.95 bits per heavy atom. The van der Waals surface area contributed by atoms with Crippen LogP contribution in [-0.4, -0.2) is 19.9 Å². The monoisotopic (exact) mass is 260 g/mol. The molecule has 19 heavy (non-hydrogen) atoms. The zero-order chi connectivity index (χ0) is 13.6. The second-order valence-corrected chi connectivity index (χ2v) is 3.97. The van der Waals surface area contributed by atoms with Gasteiger partial charge in [-0.1, -0.05) is 0 Å². The number of hydrogen-bond acceptors (Lipinski definition) is 5. The molecular formula is C11H9FN6O. The average molecular weight is 260 g/mol. The number of aromatic nitrogens is 4. The minimum Gasteiger partial charge on any atom is -0.396 e. The van der Waals surface area contributed by atoms with E-state index in [1.54, 1.807) is 0 Å². The van der Waals surface area contributed by atoms with E-state index in [-0.39, 0.29) is 22.8 Å². The van der Waals surface area contributed by atoms with Crippen molar-refractivity contribution in [3.8, 4) is 11.4 Å². The number of nitrogens with two attached hydrogens (primary N) is 2. The van der Waals surface area contributed by atoms with Gasteiger partial charge in [-0.05, 0) is 18.2 Å². The van der Waals surface area contributed by atoms with Gasteiger partial charge in [0.1, 0.15) is 11.6 Å². The SMILES string of the molecule is Nc1nc2nc(-c3ccc(F)c(N)c3)[nH]c2c(=O)[nH]1. The van der Waals surface area contributed by atoms with Gasteiger partial charge in [0.2, 0.25) is 5.95 Å². The van der Waals surface area contributed by atoms with Gasteiger partial charge >= 0.3 is 0 Å². The maximum atomic E-state index is 13.1. The number of nitrogens with one attached hydrogen (secondary N) is 2. The molecule has 0 aliphatic carbocycles. The predicted molar refractivity (Wildman–Crippen MR) is 68.7 cm³/mol. The molecule has 2 aromatic heterocycles. The van der Waals surface area contributed by atoms with Gasteiger partial charge in [-0.2, -0.15) is 4.98 Å². The van der Waals surface area contributed by atoms with Crippen molar-refractivity contribution < 1.29 is 4.39 Å². The lowest BCUT2D eigenvalue weighted by Gasteiger charge is -1.99. The van der Waals surface area contributed by atoms with Gasteiger partial charge in [0.15, 0.2) is 11.2 Å². The zero-order valence-corrected chi connectivity index (χ0v) is 9.57. The fraction of sp³-hybridized carbons (Fsp3) is 0. The summed E-state index contributed by atoms with van der Waals surface area (Å²) in [6.07, 6.45) is 0. The first kappa shape index (κ1) is 11.2. The lowest BCUT2D eigenvalue weighted by atomic mass is 10.2. The molecule has 0 amide bonds. The van der Waals surface area contributed by atoms with E-state index < -0.39 is 11.4 Å². The number of hydrogen-bond donors (Lipinski definition) is 4. The number of imidazole rings is 1. The molecule has 1 aromatic carbocycles. The van der Waals surface area contributed by atoms with E-state index in [1.165, 1.54) is 18.2 Å². The third-order valence-corrected chi connectivity index (χ3v) is 2.65. The molecule has 3 aromatic rings. The van der Waals surface area contributed by atoms with Crippen molar-refractivity contribution in [3.63, 3.8) is 0 Å². The van der Waals surface area contributed by atoms with Crippen LogP contribution in [0, 0.1) is 5.82 Å². The Hall–Kier alpha value is -2.90. The molecule has 0 aliphatic rings. The molecular weight excluding hydrogens is 251 g/mol. The van der Waals surface area contributed by atoms with Gasteiger partial charge in [0, 0.05) is 5.56 Å². The Balaban J connectivity index is 2.23. The number of aromatic amines is 2. The number of fused-ring (bicyclic) bond motifs is 1. The maximum absolute atomic E-state index is 13.1. The van der Waals surface area contributed by atoms with Crippen LogP contribution in [0.25, 0.3) is 22.6 Å². The first-order chi connectivity index (χ1) is 9.04. The topological polar surface area (TPSA) is 126 Å². The summed E-state index contributed by atoms with van der Waals surface area (Å²) >= 11 is 0. The van der Waals surface area contributed by atoms with E-state index in [2.05, 4.69) is 19.9 Å². The standard InChI is InChI=1S/C11H9FN6O/c12-5-2-1-4(3-6(5)13)8-15-7-9(16-8)17-11(14)18-10(7)19/h1-3H,13H2,(H4,14,15,16,17,18,19). The summed E-state index contributed by atoms with van der Waals surface area (Å²) in [5.41, 5.74) is 11.4. The molecule has 0 unspecified atom stereocenters. The minimum absolute atomic E-state index is 0.000612. The second kappa shape index (κ2) is 3.80. The van der Waals surface area contributed by atoms with Crippen LogP contribution >= 0.6 is 0 Å². The molecule has 0 atom stereocenters. The normalized spacial score (nSPS) is 11.0. The molecule has 0 spiro atoms. The zero-order valence-electron chi connectivity index (χ0n) is 9.57. The summed E-state index contributed by atoms with van der Waals surface area (Å²) in [7, 11) is 0. The van der Waals surface area contributed by atoms with Gasteiger partial charge in [0.05, 0.1) is 5.69 Å². The quantitative estimate of drug-likeness (QED) is 0.477. The Morgan fingerprint density at radius 1 is 1.16 bits per heavy atom. The Kier molecular flexibility index (Phi) is 2.24. The summed E-state index contributed by atoms with van der Waals surface area (Å²) in [6, 6.07) is 4.15. The highest BCUT2D eigenvalue weighted by Crippen LogP contribution is 2.22. The van der Waals surface area contributed by atoms with E-state index >= 15 is 0 Å². The number of anilines is 2. The number of benzene rings is 1.